The molecule has 4 aliphatic rings. The number of ketones is 1. The van der Waals surface area contributed by atoms with Crippen LogP contribution in [-0.2, 0) is 4.79 Å². The molecule has 2 nitrogen and oxygen atoms in total. The third-order valence-corrected chi connectivity index (χ3v) is 10.8. The van der Waals surface area contributed by atoms with Gasteiger partial charge in [0.25, 0.3) is 0 Å². The largest absolute Gasteiger partial charge is 0.386 e. The van der Waals surface area contributed by atoms with E-state index in [1.165, 1.54) is 11.1 Å². The van der Waals surface area contributed by atoms with Crippen molar-refractivity contribution >= 4 is 17.5 Å². The molecule has 4 unspecified atom stereocenters. The molecule has 194 valence electrons. The Morgan fingerprint density at radius 1 is 1.14 bits per heavy atom. The van der Waals surface area contributed by atoms with Crippen LogP contribution in [0.5, 0.6) is 0 Å². The van der Waals surface area contributed by atoms with Gasteiger partial charge in [-0.2, -0.15) is 8.78 Å². The second-order valence-electron chi connectivity index (χ2n) is 11.5. The second-order valence-corrected chi connectivity index (χ2v) is 12.4. The molecule has 0 spiro atoms. The number of aliphatic hydroxyl groups is 1. The van der Waals surface area contributed by atoms with Gasteiger partial charge in [0.15, 0.2) is 5.78 Å². The summed E-state index contributed by atoms with van der Waals surface area (Å²) in [6.07, 6.45) is 7.73. The van der Waals surface area contributed by atoms with Crippen LogP contribution in [0.15, 0.2) is 64.6 Å². The number of benzene rings is 1. The van der Waals surface area contributed by atoms with E-state index < -0.39 is 22.6 Å². The Labute approximate surface area is 216 Å². The average Bonchev–Trinajstić information content (AvgIpc) is 3.14. The summed E-state index contributed by atoms with van der Waals surface area (Å²) in [5.74, 6) is -3.88. The molecular formula is C30H35F3O2S. The Kier molecular flexibility index (Phi) is 6.19. The van der Waals surface area contributed by atoms with E-state index in [-0.39, 0.29) is 30.0 Å². The summed E-state index contributed by atoms with van der Waals surface area (Å²) < 4.78 is 46.1. The summed E-state index contributed by atoms with van der Waals surface area (Å²) in [4.78, 5) is 13.3. The number of allylic oxidation sites excluding steroid dienone is 5. The van der Waals surface area contributed by atoms with Crippen LogP contribution >= 0.6 is 11.8 Å². The van der Waals surface area contributed by atoms with Gasteiger partial charge in [0.2, 0.25) is 5.67 Å². The second kappa shape index (κ2) is 8.62. The molecule has 6 atom stereocenters. The highest BCUT2D eigenvalue weighted by Gasteiger charge is 2.74. The summed E-state index contributed by atoms with van der Waals surface area (Å²) in [7, 11) is 0. The summed E-state index contributed by atoms with van der Waals surface area (Å²) in [6, 6.07) is 8.28. The standard InChI is InChI=1S/C30H35F3O2S/c1-5-30(32,33)28(3,31)29(35)15-14-25-23-12-8-19-16-20(34)9-13-22(19)26(23)24(17-27(25,29)2)18-6-10-21(36-4)11-7-18/h5-7,10-11,16,23-25,35H,1,8-9,12-15,17H2,2-4H3/t23?,24?,25?,27-,28?,29-/m0/s1. The molecule has 2 fully saturated rings. The highest BCUT2D eigenvalue weighted by Crippen LogP contribution is 2.70. The SMILES string of the molecule is C=CC(F)(F)C(C)(F)[C@]1(O)CCC2C3CCC4=CC(=O)CCC4=C3C(c3ccc(SC)cc3)C[C@@]21C. The normalized spacial score (nSPS) is 35.9. The molecule has 1 N–H and O–H groups in total. The Balaban J connectivity index is 1.68. The van der Waals surface area contributed by atoms with Gasteiger partial charge in [-0.1, -0.05) is 31.2 Å². The molecule has 0 bridgehead atoms. The third-order valence-electron chi connectivity index (χ3n) is 10.1. The summed E-state index contributed by atoms with van der Waals surface area (Å²) >= 11 is 1.65. The molecule has 0 heterocycles. The smallest absolute Gasteiger partial charge is 0.302 e. The van der Waals surface area contributed by atoms with Gasteiger partial charge in [-0.25, -0.2) is 4.39 Å². The molecule has 5 rings (SSSR count). The summed E-state index contributed by atoms with van der Waals surface area (Å²) in [5, 5.41) is 12.0. The van der Waals surface area contributed by atoms with Crippen LogP contribution in [0.3, 0.4) is 0 Å². The van der Waals surface area contributed by atoms with Gasteiger partial charge in [-0.15, -0.1) is 11.8 Å². The highest BCUT2D eigenvalue weighted by atomic mass is 32.2. The molecule has 6 heteroatoms. The first-order valence-electron chi connectivity index (χ1n) is 12.9. The minimum atomic E-state index is -3.86. The van der Waals surface area contributed by atoms with E-state index in [1.54, 1.807) is 17.8 Å². The van der Waals surface area contributed by atoms with Crippen molar-refractivity contribution in [2.45, 2.75) is 86.8 Å². The highest BCUT2D eigenvalue weighted by molar-refractivity contribution is 7.98. The first kappa shape index (κ1) is 25.8. The number of thioether (sulfide) groups is 1. The number of alkyl halides is 3. The molecule has 1 aromatic rings. The van der Waals surface area contributed by atoms with Crippen LogP contribution in [0.25, 0.3) is 0 Å². The van der Waals surface area contributed by atoms with E-state index in [0.29, 0.717) is 31.8 Å². The zero-order valence-electron chi connectivity index (χ0n) is 21.3. The molecule has 0 radical (unpaired) electrons. The van der Waals surface area contributed by atoms with Crippen molar-refractivity contribution in [3.8, 4) is 0 Å². The van der Waals surface area contributed by atoms with Crippen molar-refractivity contribution < 1.29 is 23.1 Å². The van der Waals surface area contributed by atoms with Crippen molar-refractivity contribution in [2.24, 2.45) is 17.3 Å². The van der Waals surface area contributed by atoms with E-state index in [0.717, 1.165) is 35.8 Å². The first-order valence-corrected chi connectivity index (χ1v) is 14.2. The molecule has 0 amide bonds. The molecule has 0 aromatic heterocycles. The molecule has 0 aliphatic heterocycles. The van der Waals surface area contributed by atoms with Gasteiger partial charge in [0.05, 0.1) is 0 Å². The predicted molar refractivity (Wildman–Crippen MR) is 138 cm³/mol. The lowest BCUT2D eigenvalue weighted by molar-refractivity contribution is -0.242. The molecule has 1 aromatic carbocycles. The average molecular weight is 517 g/mol. The van der Waals surface area contributed by atoms with Gasteiger partial charge in [0.1, 0.15) is 5.60 Å². The lowest BCUT2D eigenvalue weighted by atomic mass is 9.49. The zero-order valence-corrected chi connectivity index (χ0v) is 22.1. The van der Waals surface area contributed by atoms with Crippen LogP contribution in [0.1, 0.15) is 70.3 Å². The van der Waals surface area contributed by atoms with E-state index >= 15 is 4.39 Å². The van der Waals surface area contributed by atoms with Crippen LogP contribution < -0.4 is 0 Å². The van der Waals surface area contributed by atoms with Crippen molar-refractivity contribution in [3.05, 3.63) is 65.3 Å². The number of hydrogen-bond donors (Lipinski definition) is 1. The number of carbonyl (C=O) groups excluding carboxylic acids is 1. The fraction of sp³-hybridized carbons (Fsp3) is 0.567. The maximum absolute atomic E-state index is 16.2. The number of fused-ring (bicyclic) bond motifs is 4. The number of rotatable bonds is 5. The lowest BCUT2D eigenvalue weighted by Gasteiger charge is -2.57. The topological polar surface area (TPSA) is 37.3 Å². The Morgan fingerprint density at radius 3 is 2.47 bits per heavy atom. The minimum Gasteiger partial charge on any atom is -0.386 e. The molecular weight excluding hydrogens is 481 g/mol. The van der Waals surface area contributed by atoms with E-state index in [2.05, 4.69) is 30.8 Å². The van der Waals surface area contributed by atoms with Crippen LogP contribution in [0.4, 0.5) is 13.2 Å². The molecule has 36 heavy (non-hydrogen) atoms. The molecule has 2 saturated carbocycles. The van der Waals surface area contributed by atoms with Gasteiger partial charge in [-0.3, -0.25) is 4.79 Å². The van der Waals surface area contributed by atoms with Crippen LogP contribution in [-0.4, -0.2) is 34.3 Å². The van der Waals surface area contributed by atoms with Gasteiger partial charge in [0, 0.05) is 22.6 Å². The zero-order chi connectivity index (χ0) is 26.1. The van der Waals surface area contributed by atoms with Crippen molar-refractivity contribution in [1.82, 2.24) is 0 Å². The Hall–Kier alpha value is -1.79. The Morgan fingerprint density at radius 2 is 1.83 bits per heavy atom. The monoisotopic (exact) mass is 516 g/mol. The number of halogens is 3. The van der Waals surface area contributed by atoms with Crippen LogP contribution in [0.2, 0.25) is 0 Å². The molecule has 4 aliphatic carbocycles. The quantitative estimate of drug-likeness (QED) is 0.324. The fourth-order valence-electron chi connectivity index (χ4n) is 8.04. The van der Waals surface area contributed by atoms with Crippen molar-refractivity contribution in [1.29, 1.82) is 0 Å². The Bertz CT molecular complexity index is 1150. The summed E-state index contributed by atoms with van der Waals surface area (Å²) in [5.41, 5.74) is -1.71. The third kappa shape index (κ3) is 3.46. The number of carbonyl (C=O) groups is 1. The predicted octanol–water partition coefficient (Wildman–Crippen LogP) is 7.59. The van der Waals surface area contributed by atoms with E-state index in [4.69, 9.17) is 0 Å². The van der Waals surface area contributed by atoms with E-state index in [9.17, 15) is 18.7 Å². The fourth-order valence-corrected chi connectivity index (χ4v) is 8.45. The summed E-state index contributed by atoms with van der Waals surface area (Å²) in [6.45, 7) is 5.87. The van der Waals surface area contributed by atoms with Crippen molar-refractivity contribution in [3.63, 3.8) is 0 Å². The van der Waals surface area contributed by atoms with Crippen LogP contribution in [0, 0.1) is 17.3 Å². The maximum atomic E-state index is 16.2. The molecule has 0 saturated heterocycles. The minimum absolute atomic E-state index is 0.0109. The van der Waals surface area contributed by atoms with Gasteiger partial charge >= 0.3 is 5.92 Å². The van der Waals surface area contributed by atoms with Gasteiger partial charge < -0.3 is 5.11 Å². The van der Waals surface area contributed by atoms with E-state index in [1.807, 2.05) is 13.2 Å². The lowest BCUT2D eigenvalue weighted by Crippen LogP contribution is -2.66. The van der Waals surface area contributed by atoms with Gasteiger partial charge in [-0.05, 0) is 105 Å². The number of hydrogen-bond acceptors (Lipinski definition) is 3. The maximum Gasteiger partial charge on any atom is 0.302 e. The first-order chi connectivity index (χ1) is 16.9. The van der Waals surface area contributed by atoms with Crippen molar-refractivity contribution in [2.75, 3.05) is 6.26 Å².